The van der Waals surface area contributed by atoms with Gasteiger partial charge in [0, 0.05) is 33.6 Å². The molecule has 3 aromatic carbocycles. The van der Waals surface area contributed by atoms with Gasteiger partial charge in [0.15, 0.2) is 5.11 Å². The maximum atomic E-state index is 12.5. The average Bonchev–Trinajstić information content (AvgIpc) is 3.18. The van der Waals surface area contributed by atoms with E-state index in [-0.39, 0.29) is 5.91 Å². The number of carbonyl (C=O) groups excluding carboxylic acids is 2. The summed E-state index contributed by atoms with van der Waals surface area (Å²) >= 11 is 13.0. The van der Waals surface area contributed by atoms with E-state index in [9.17, 15) is 9.59 Å². The number of esters is 1. The average molecular weight is 510 g/mol. The number of thiophene rings is 1. The van der Waals surface area contributed by atoms with Crippen LogP contribution in [0.4, 0.5) is 11.4 Å². The van der Waals surface area contributed by atoms with E-state index >= 15 is 0 Å². The van der Waals surface area contributed by atoms with Gasteiger partial charge in [0.2, 0.25) is 0 Å². The van der Waals surface area contributed by atoms with Crippen molar-refractivity contribution < 1.29 is 14.3 Å². The topological polar surface area (TPSA) is 79.5 Å². The first-order valence-corrected chi connectivity index (χ1v) is 11.9. The van der Waals surface area contributed by atoms with Gasteiger partial charge in [-0.05, 0) is 54.2 Å². The number of benzene rings is 3. The fourth-order valence-corrected chi connectivity index (χ4v) is 4.98. The molecule has 0 unspecified atom stereocenters. The van der Waals surface area contributed by atoms with Crippen molar-refractivity contribution in [3.8, 4) is 0 Å². The van der Waals surface area contributed by atoms with E-state index < -0.39 is 5.97 Å². The molecule has 0 aliphatic rings. The maximum absolute atomic E-state index is 12.5. The molecule has 0 aliphatic carbocycles. The lowest BCUT2D eigenvalue weighted by Gasteiger charge is -2.12. The minimum Gasteiger partial charge on any atom is -0.465 e. The van der Waals surface area contributed by atoms with Crippen LogP contribution in [0.2, 0.25) is 5.02 Å². The summed E-state index contributed by atoms with van der Waals surface area (Å²) in [4.78, 5) is 24.8. The number of carbonyl (C=O) groups is 2. The molecule has 0 atom stereocenters. The first-order valence-electron chi connectivity index (χ1n) is 10.2. The number of nitrogens with one attached hydrogen (secondary N) is 3. The van der Waals surface area contributed by atoms with Crippen LogP contribution in [0.15, 0.2) is 72.8 Å². The van der Waals surface area contributed by atoms with E-state index in [1.54, 1.807) is 18.2 Å². The summed E-state index contributed by atoms with van der Waals surface area (Å²) in [6, 6.07) is 22.3. The Morgan fingerprint density at radius 1 is 0.971 bits per heavy atom. The van der Waals surface area contributed by atoms with Crippen LogP contribution < -0.4 is 16.0 Å². The van der Waals surface area contributed by atoms with Crippen LogP contribution in [-0.2, 0) is 11.3 Å². The van der Waals surface area contributed by atoms with Gasteiger partial charge >= 0.3 is 5.97 Å². The van der Waals surface area contributed by atoms with Crippen molar-refractivity contribution >= 4 is 73.6 Å². The molecule has 1 aromatic heterocycles. The molecular formula is C25H20ClN3O3S2. The van der Waals surface area contributed by atoms with Gasteiger partial charge in [-0.3, -0.25) is 4.79 Å². The highest BCUT2D eigenvalue weighted by atomic mass is 35.5. The van der Waals surface area contributed by atoms with E-state index in [2.05, 4.69) is 16.0 Å². The number of halogens is 1. The molecule has 0 fully saturated rings. The summed E-state index contributed by atoms with van der Waals surface area (Å²) in [7, 11) is 1.32. The number of thiocarbonyl (C=S) groups is 1. The smallest absolute Gasteiger partial charge is 0.349 e. The molecule has 9 heteroatoms. The number of ether oxygens (including phenoxy) is 1. The van der Waals surface area contributed by atoms with Gasteiger partial charge in [-0.1, -0.05) is 48.0 Å². The third-order valence-corrected chi connectivity index (χ3v) is 6.78. The highest BCUT2D eigenvalue weighted by Crippen LogP contribution is 2.37. The summed E-state index contributed by atoms with van der Waals surface area (Å²) in [5.74, 6) is -0.640. The number of hydrogen-bond acceptors (Lipinski definition) is 5. The van der Waals surface area contributed by atoms with E-state index in [1.165, 1.54) is 18.4 Å². The van der Waals surface area contributed by atoms with Crippen molar-refractivity contribution in [3.05, 3.63) is 93.8 Å². The van der Waals surface area contributed by atoms with Crippen LogP contribution >= 0.6 is 35.2 Å². The summed E-state index contributed by atoms with van der Waals surface area (Å²) in [6.07, 6.45) is 0. The Bertz CT molecular complexity index is 1370. The van der Waals surface area contributed by atoms with Gasteiger partial charge < -0.3 is 20.7 Å². The summed E-state index contributed by atoms with van der Waals surface area (Å²) < 4.78 is 5.61. The van der Waals surface area contributed by atoms with E-state index in [0.29, 0.717) is 32.8 Å². The minimum absolute atomic E-state index is 0.173. The lowest BCUT2D eigenvalue weighted by Crippen LogP contribution is -2.23. The van der Waals surface area contributed by atoms with Crippen molar-refractivity contribution in [1.82, 2.24) is 5.32 Å². The fraction of sp³-hybridized carbons (Fsp3) is 0.0800. The molecule has 34 heavy (non-hydrogen) atoms. The second-order valence-electron chi connectivity index (χ2n) is 7.28. The third kappa shape index (κ3) is 5.53. The number of fused-ring (bicyclic) bond motifs is 1. The molecule has 0 aliphatic heterocycles. The monoisotopic (exact) mass is 509 g/mol. The van der Waals surface area contributed by atoms with Crippen LogP contribution in [0.5, 0.6) is 0 Å². The Hall–Kier alpha value is -3.46. The van der Waals surface area contributed by atoms with Crippen LogP contribution in [-0.4, -0.2) is 24.1 Å². The molecule has 3 N–H and O–H groups in total. The Kier molecular flexibility index (Phi) is 7.42. The molecule has 0 bridgehead atoms. The third-order valence-electron chi connectivity index (χ3n) is 4.94. The Balaban J connectivity index is 1.40. The fourth-order valence-electron chi connectivity index (χ4n) is 3.28. The lowest BCUT2D eigenvalue weighted by atomic mass is 10.1. The van der Waals surface area contributed by atoms with E-state index in [4.69, 9.17) is 28.6 Å². The molecule has 4 aromatic rings. The summed E-state index contributed by atoms with van der Waals surface area (Å²) in [5, 5.41) is 10.6. The van der Waals surface area contributed by atoms with Gasteiger partial charge in [0.1, 0.15) is 4.88 Å². The van der Waals surface area contributed by atoms with Gasteiger partial charge in [-0.25, -0.2) is 4.79 Å². The second-order valence-corrected chi connectivity index (χ2v) is 9.11. The van der Waals surface area contributed by atoms with Gasteiger partial charge in [-0.15, -0.1) is 11.3 Å². The lowest BCUT2D eigenvalue weighted by molar-refractivity contribution is 0.0606. The number of anilines is 2. The first-order chi connectivity index (χ1) is 16.4. The van der Waals surface area contributed by atoms with Gasteiger partial charge in [0.25, 0.3) is 5.91 Å². The predicted octanol–water partition coefficient (Wildman–Crippen LogP) is 6.08. The van der Waals surface area contributed by atoms with E-state index in [0.717, 1.165) is 21.3 Å². The number of methoxy groups -OCH3 is 1. The largest absolute Gasteiger partial charge is 0.465 e. The standard InChI is InChI=1S/C25H20ClN3O3S2/c1-32-24(31)22-21(26)19-11-10-18(13-20(19)34-22)29-25(33)28-17-9-5-8-16(12-17)23(30)27-14-15-6-3-2-4-7-15/h2-13H,14H2,1H3,(H,27,30)(H2,28,29,33). The number of amides is 1. The van der Waals surface area contributed by atoms with Crippen molar-refractivity contribution in [2.45, 2.75) is 6.54 Å². The molecule has 4 rings (SSSR count). The van der Waals surface area contributed by atoms with Crippen LogP contribution in [0.3, 0.4) is 0 Å². The predicted molar refractivity (Wildman–Crippen MR) is 142 cm³/mol. The quantitative estimate of drug-likeness (QED) is 0.216. The second kappa shape index (κ2) is 10.6. The molecule has 0 radical (unpaired) electrons. The van der Waals surface area contributed by atoms with E-state index in [1.807, 2.05) is 54.6 Å². The number of hydrogen-bond donors (Lipinski definition) is 3. The number of rotatable bonds is 6. The highest BCUT2D eigenvalue weighted by molar-refractivity contribution is 7.80. The molecule has 0 saturated heterocycles. The van der Waals surface area contributed by atoms with Crippen LogP contribution in [0, 0.1) is 0 Å². The highest BCUT2D eigenvalue weighted by Gasteiger charge is 2.18. The summed E-state index contributed by atoms with van der Waals surface area (Å²) in [6.45, 7) is 0.449. The molecular weight excluding hydrogens is 490 g/mol. The zero-order chi connectivity index (χ0) is 24.1. The first kappa shape index (κ1) is 23.7. The Morgan fingerprint density at radius 3 is 2.44 bits per heavy atom. The molecule has 0 saturated carbocycles. The van der Waals surface area contributed by atoms with Crippen LogP contribution in [0.1, 0.15) is 25.6 Å². The molecule has 172 valence electrons. The van der Waals surface area contributed by atoms with Crippen molar-refractivity contribution in [3.63, 3.8) is 0 Å². The minimum atomic E-state index is -0.467. The van der Waals surface area contributed by atoms with Crippen LogP contribution in [0.25, 0.3) is 10.1 Å². The van der Waals surface area contributed by atoms with Crippen molar-refractivity contribution in [1.29, 1.82) is 0 Å². The zero-order valence-corrected chi connectivity index (χ0v) is 20.4. The molecule has 6 nitrogen and oxygen atoms in total. The molecule has 1 amide bonds. The molecule has 1 heterocycles. The Morgan fingerprint density at radius 2 is 1.71 bits per heavy atom. The van der Waals surface area contributed by atoms with Gasteiger partial charge in [-0.2, -0.15) is 0 Å². The van der Waals surface area contributed by atoms with Crippen molar-refractivity contribution in [2.75, 3.05) is 17.7 Å². The SMILES string of the molecule is COC(=O)c1sc2cc(NC(=S)Nc3cccc(C(=O)NCc4ccccc4)c3)ccc2c1Cl. The maximum Gasteiger partial charge on any atom is 0.349 e. The zero-order valence-electron chi connectivity index (χ0n) is 18.1. The normalized spacial score (nSPS) is 10.5. The van der Waals surface area contributed by atoms with Crippen molar-refractivity contribution in [2.24, 2.45) is 0 Å². The molecule has 0 spiro atoms. The summed E-state index contributed by atoms with van der Waals surface area (Å²) in [5.41, 5.74) is 2.96. The Labute approximate surface area is 210 Å². The van der Waals surface area contributed by atoms with Gasteiger partial charge in [0.05, 0.1) is 12.1 Å².